The summed E-state index contributed by atoms with van der Waals surface area (Å²) in [5, 5.41) is 7.03. The van der Waals surface area contributed by atoms with E-state index in [1.807, 2.05) is 36.8 Å². The quantitative estimate of drug-likeness (QED) is 0.692. The largest absolute Gasteiger partial charge is 0.354 e. The van der Waals surface area contributed by atoms with Crippen LogP contribution < -0.4 is 4.90 Å². The highest BCUT2D eigenvalue weighted by molar-refractivity contribution is 5.85. The van der Waals surface area contributed by atoms with Gasteiger partial charge in [-0.3, -0.25) is 10.00 Å². The maximum atomic E-state index is 13.3. The van der Waals surface area contributed by atoms with E-state index < -0.39 is 0 Å². The number of nitrogens with zero attached hydrogens (tertiary/aromatic N) is 4. The number of aromatic amines is 1. The van der Waals surface area contributed by atoms with E-state index >= 15 is 0 Å². The SMILES string of the molecule is CCC(c1cn[nH]c1)N1CCN(c2ncccc2-c2ccc(F)cc2)CC1.Cl. The van der Waals surface area contributed by atoms with Gasteiger partial charge in [-0.25, -0.2) is 9.37 Å². The average molecular weight is 402 g/mol. The van der Waals surface area contributed by atoms with E-state index in [9.17, 15) is 4.39 Å². The highest BCUT2D eigenvalue weighted by atomic mass is 35.5. The van der Waals surface area contributed by atoms with E-state index in [0.29, 0.717) is 6.04 Å². The van der Waals surface area contributed by atoms with Gasteiger partial charge in [-0.05, 0) is 36.2 Å². The zero-order chi connectivity index (χ0) is 18.6. The Morgan fingerprint density at radius 3 is 2.50 bits per heavy atom. The van der Waals surface area contributed by atoms with Crippen LogP contribution in [-0.4, -0.2) is 46.3 Å². The van der Waals surface area contributed by atoms with Crippen LogP contribution in [0.25, 0.3) is 11.1 Å². The summed E-state index contributed by atoms with van der Waals surface area (Å²) in [4.78, 5) is 9.49. The molecule has 1 aliphatic heterocycles. The highest BCUT2D eigenvalue weighted by Crippen LogP contribution is 2.31. The smallest absolute Gasteiger partial charge is 0.136 e. The molecule has 1 aliphatic rings. The number of piperazine rings is 1. The molecule has 5 nitrogen and oxygen atoms in total. The third kappa shape index (κ3) is 4.18. The first-order valence-corrected chi connectivity index (χ1v) is 9.45. The van der Waals surface area contributed by atoms with Gasteiger partial charge in [0.25, 0.3) is 0 Å². The summed E-state index contributed by atoms with van der Waals surface area (Å²) in [6, 6.07) is 11.0. The lowest BCUT2D eigenvalue weighted by atomic mass is 10.0. The number of halogens is 2. The van der Waals surface area contributed by atoms with E-state index in [0.717, 1.165) is 49.5 Å². The number of anilines is 1. The Labute approximate surface area is 171 Å². The third-order valence-electron chi connectivity index (χ3n) is 5.29. The molecule has 2 aromatic heterocycles. The Hall–Kier alpha value is -2.44. The van der Waals surface area contributed by atoms with E-state index in [1.165, 1.54) is 17.7 Å². The molecule has 3 aromatic rings. The number of rotatable bonds is 5. The minimum Gasteiger partial charge on any atom is -0.354 e. The zero-order valence-electron chi connectivity index (χ0n) is 15.9. The molecule has 1 N–H and O–H groups in total. The summed E-state index contributed by atoms with van der Waals surface area (Å²) in [5.74, 6) is 0.753. The van der Waals surface area contributed by atoms with Crippen molar-refractivity contribution in [2.24, 2.45) is 0 Å². The summed E-state index contributed by atoms with van der Waals surface area (Å²) in [6.07, 6.45) is 6.80. The van der Waals surface area contributed by atoms with E-state index in [1.54, 1.807) is 0 Å². The molecule has 3 heterocycles. The molecule has 28 heavy (non-hydrogen) atoms. The minimum absolute atomic E-state index is 0. The van der Waals surface area contributed by atoms with Crippen LogP contribution in [0.2, 0.25) is 0 Å². The van der Waals surface area contributed by atoms with Gasteiger partial charge in [0, 0.05) is 55.7 Å². The van der Waals surface area contributed by atoms with Gasteiger partial charge in [0.05, 0.1) is 6.20 Å². The zero-order valence-corrected chi connectivity index (χ0v) is 16.7. The molecule has 1 aromatic carbocycles. The van der Waals surface area contributed by atoms with Crippen molar-refractivity contribution in [3.63, 3.8) is 0 Å². The number of hydrogen-bond donors (Lipinski definition) is 1. The molecule has 0 radical (unpaired) electrons. The van der Waals surface area contributed by atoms with Crippen LogP contribution in [0.5, 0.6) is 0 Å². The maximum Gasteiger partial charge on any atom is 0.136 e. The Balaban J connectivity index is 0.00000225. The lowest BCUT2D eigenvalue weighted by Gasteiger charge is -2.39. The molecule has 0 saturated carbocycles. The molecule has 0 bridgehead atoms. The number of hydrogen-bond acceptors (Lipinski definition) is 4. The van der Waals surface area contributed by atoms with Gasteiger partial charge in [0.15, 0.2) is 0 Å². The predicted octanol–water partition coefficient (Wildman–Crippen LogP) is 4.31. The first kappa shape index (κ1) is 20.3. The van der Waals surface area contributed by atoms with Gasteiger partial charge < -0.3 is 4.90 Å². The lowest BCUT2D eigenvalue weighted by molar-refractivity contribution is 0.181. The minimum atomic E-state index is -0.220. The second-order valence-corrected chi connectivity index (χ2v) is 6.86. The maximum absolute atomic E-state index is 13.3. The summed E-state index contributed by atoms with van der Waals surface area (Å²) in [7, 11) is 0. The monoisotopic (exact) mass is 401 g/mol. The van der Waals surface area contributed by atoms with Gasteiger partial charge in [-0.15, -0.1) is 12.4 Å². The summed E-state index contributed by atoms with van der Waals surface area (Å²) in [5.41, 5.74) is 3.29. The van der Waals surface area contributed by atoms with Crippen LogP contribution >= 0.6 is 12.4 Å². The van der Waals surface area contributed by atoms with Crippen LogP contribution in [0.15, 0.2) is 55.0 Å². The van der Waals surface area contributed by atoms with Crippen molar-refractivity contribution in [1.29, 1.82) is 0 Å². The number of aromatic nitrogens is 3. The number of H-pyrrole nitrogens is 1. The van der Waals surface area contributed by atoms with Crippen molar-refractivity contribution in [3.8, 4) is 11.1 Å². The molecule has 1 unspecified atom stereocenters. The molecule has 4 rings (SSSR count). The van der Waals surface area contributed by atoms with E-state index in [4.69, 9.17) is 0 Å². The van der Waals surface area contributed by atoms with Crippen molar-refractivity contribution >= 4 is 18.2 Å². The van der Waals surface area contributed by atoms with Gasteiger partial charge >= 0.3 is 0 Å². The number of benzene rings is 1. The molecular formula is C21H25ClFN5. The van der Waals surface area contributed by atoms with Crippen LogP contribution in [0.4, 0.5) is 10.2 Å². The molecule has 7 heteroatoms. The Morgan fingerprint density at radius 1 is 1.11 bits per heavy atom. The molecule has 148 valence electrons. The van der Waals surface area contributed by atoms with Gasteiger partial charge in [0.2, 0.25) is 0 Å². The average Bonchev–Trinajstić information content (AvgIpc) is 3.24. The third-order valence-corrected chi connectivity index (χ3v) is 5.29. The van der Waals surface area contributed by atoms with Crippen molar-refractivity contribution in [1.82, 2.24) is 20.1 Å². The van der Waals surface area contributed by atoms with Crippen LogP contribution in [0.1, 0.15) is 24.9 Å². The molecule has 0 spiro atoms. The topological polar surface area (TPSA) is 48.1 Å². The second-order valence-electron chi connectivity index (χ2n) is 6.86. The Bertz CT molecular complexity index is 861. The van der Waals surface area contributed by atoms with Gasteiger partial charge in [-0.1, -0.05) is 19.1 Å². The van der Waals surface area contributed by atoms with Crippen molar-refractivity contribution in [3.05, 3.63) is 66.4 Å². The van der Waals surface area contributed by atoms with E-state index in [-0.39, 0.29) is 18.2 Å². The summed E-state index contributed by atoms with van der Waals surface area (Å²) >= 11 is 0. The molecule has 1 fully saturated rings. The Morgan fingerprint density at radius 2 is 1.86 bits per heavy atom. The van der Waals surface area contributed by atoms with Crippen LogP contribution in [0.3, 0.4) is 0 Å². The van der Waals surface area contributed by atoms with Crippen LogP contribution in [-0.2, 0) is 0 Å². The van der Waals surface area contributed by atoms with E-state index in [2.05, 4.69) is 38.0 Å². The summed E-state index contributed by atoms with van der Waals surface area (Å²) < 4.78 is 13.3. The second kappa shape index (κ2) is 9.17. The van der Waals surface area contributed by atoms with Crippen molar-refractivity contribution in [2.75, 3.05) is 31.1 Å². The lowest BCUT2D eigenvalue weighted by Crippen LogP contribution is -2.48. The standard InChI is InChI=1S/C21H24FN5.ClH/c1-2-20(17-14-24-25-15-17)26-10-12-27(13-11-26)21-19(4-3-9-23-21)16-5-7-18(22)8-6-16;/h3-9,14-15,20H,2,10-13H2,1H3,(H,24,25);1H. The van der Waals surface area contributed by atoms with Gasteiger partial charge in [0.1, 0.15) is 11.6 Å². The molecular weight excluding hydrogens is 377 g/mol. The fourth-order valence-electron chi connectivity index (χ4n) is 3.90. The predicted molar refractivity (Wildman–Crippen MR) is 112 cm³/mol. The normalized spacial score (nSPS) is 15.9. The van der Waals surface area contributed by atoms with Crippen molar-refractivity contribution in [2.45, 2.75) is 19.4 Å². The Kier molecular flexibility index (Phi) is 6.65. The molecule has 0 aliphatic carbocycles. The van der Waals surface area contributed by atoms with Crippen LogP contribution in [0, 0.1) is 5.82 Å². The number of pyridine rings is 1. The first-order chi connectivity index (χ1) is 13.3. The molecule has 1 saturated heterocycles. The highest BCUT2D eigenvalue weighted by Gasteiger charge is 2.26. The molecule has 1 atom stereocenters. The fraction of sp³-hybridized carbons (Fsp3) is 0.333. The van der Waals surface area contributed by atoms with Gasteiger partial charge in [-0.2, -0.15) is 5.10 Å². The first-order valence-electron chi connectivity index (χ1n) is 9.45. The number of nitrogens with one attached hydrogen (secondary N) is 1. The fourth-order valence-corrected chi connectivity index (χ4v) is 3.90. The summed E-state index contributed by atoms with van der Waals surface area (Å²) in [6.45, 7) is 6.00. The van der Waals surface area contributed by atoms with Crippen molar-refractivity contribution < 1.29 is 4.39 Å². The molecule has 0 amide bonds.